The quantitative estimate of drug-likeness (QED) is 0.621. The molecule has 0 unspecified atom stereocenters. The molecule has 0 aliphatic heterocycles. The van der Waals surface area contributed by atoms with Crippen LogP contribution in [0, 0.1) is 10.1 Å². The van der Waals surface area contributed by atoms with Crippen molar-refractivity contribution in [2.24, 2.45) is 0 Å². The number of non-ortho nitro benzene ring substituents is 1. The number of rotatable bonds is 6. The summed E-state index contributed by atoms with van der Waals surface area (Å²) in [6, 6.07) is 5.03. The molecule has 1 aromatic carbocycles. The van der Waals surface area contributed by atoms with Crippen molar-refractivity contribution in [1.82, 2.24) is 5.32 Å². The highest BCUT2D eigenvalue weighted by Gasteiger charge is 2.19. The summed E-state index contributed by atoms with van der Waals surface area (Å²) >= 11 is 0. The molecule has 116 valence electrons. The first-order valence-corrected chi connectivity index (χ1v) is 7.41. The Bertz CT molecular complexity index is 485. The van der Waals surface area contributed by atoms with Gasteiger partial charge >= 0.3 is 0 Å². The second kappa shape index (κ2) is 7.38. The second-order valence-electron chi connectivity index (χ2n) is 5.37. The number of aliphatic hydroxyl groups excluding tert-OH is 1. The third-order valence-electron chi connectivity index (χ3n) is 3.83. The van der Waals surface area contributed by atoms with E-state index in [4.69, 9.17) is 4.74 Å². The van der Waals surface area contributed by atoms with Crippen LogP contribution >= 0.6 is 0 Å². The number of nitro groups is 1. The molecule has 0 spiro atoms. The van der Waals surface area contributed by atoms with Crippen LogP contribution in [0.4, 0.5) is 5.69 Å². The van der Waals surface area contributed by atoms with Crippen molar-refractivity contribution in [3.8, 4) is 5.75 Å². The summed E-state index contributed by atoms with van der Waals surface area (Å²) in [5.41, 5.74) is 0.881. The summed E-state index contributed by atoms with van der Waals surface area (Å²) in [5, 5.41) is 23.8. The smallest absolute Gasteiger partial charge is 0.270 e. The van der Waals surface area contributed by atoms with Crippen LogP contribution < -0.4 is 10.1 Å². The Labute approximate surface area is 124 Å². The van der Waals surface area contributed by atoms with E-state index in [1.54, 1.807) is 12.1 Å². The van der Waals surface area contributed by atoms with Gasteiger partial charge in [0.05, 0.1) is 17.6 Å². The fraction of sp³-hybridized carbons (Fsp3) is 0.600. The monoisotopic (exact) mass is 294 g/mol. The van der Waals surface area contributed by atoms with Crippen molar-refractivity contribution < 1.29 is 14.8 Å². The lowest BCUT2D eigenvalue weighted by molar-refractivity contribution is -0.384. The summed E-state index contributed by atoms with van der Waals surface area (Å²) < 4.78 is 5.53. The van der Waals surface area contributed by atoms with Crippen LogP contribution in [-0.4, -0.2) is 28.8 Å². The largest absolute Gasteiger partial charge is 0.494 e. The number of nitro benzene ring substituents is 1. The van der Waals surface area contributed by atoms with Crippen molar-refractivity contribution in [2.45, 2.75) is 51.3 Å². The molecule has 1 aliphatic rings. The fourth-order valence-electron chi connectivity index (χ4n) is 2.65. The van der Waals surface area contributed by atoms with E-state index in [1.165, 1.54) is 6.07 Å². The van der Waals surface area contributed by atoms with Crippen molar-refractivity contribution in [3.63, 3.8) is 0 Å². The molecule has 0 heterocycles. The normalized spacial score (nSPS) is 22.0. The van der Waals surface area contributed by atoms with E-state index in [1.807, 2.05) is 6.92 Å². The molecule has 1 saturated carbocycles. The molecule has 0 aromatic heterocycles. The Morgan fingerprint density at radius 3 is 2.71 bits per heavy atom. The first kappa shape index (κ1) is 15.7. The highest BCUT2D eigenvalue weighted by atomic mass is 16.6. The van der Waals surface area contributed by atoms with E-state index < -0.39 is 4.92 Å². The van der Waals surface area contributed by atoms with Gasteiger partial charge in [0.1, 0.15) is 5.75 Å². The number of hydrogen-bond acceptors (Lipinski definition) is 5. The van der Waals surface area contributed by atoms with Gasteiger partial charge in [0.25, 0.3) is 5.69 Å². The summed E-state index contributed by atoms with van der Waals surface area (Å²) in [6.45, 7) is 2.96. The summed E-state index contributed by atoms with van der Waals surface area (Å²) in [5.74, 6) is 0.687. The molecule has 1 fully saturated rings. The third kappa shape index (κ3) is 4.41. The third-order valence-corrected chi connectivity index (χ3v) is 3.83. The molecule has 1 aromatic rings. The van der Waals surface area contributed by atoms with Gasteiger partial charge in [-0.15, -0.1) is 0 Å². The van der Waals surface area contributed by atoms with Crippen molar-refractivity contribution in [1.29, 1.82) is 0 Å². The lowest BCUT2D eigenvalue weighted by Crippen LogP contribution is -2.34. The molecule has 0 amide bonds. The zero-order chi connectivity index (χ0) is 15.2. The van der Waals surface area contributed by atoms with E-state index in [2.05, 4.69) is 5.32 Å². The lowest BCUT2D eigenvalue weighted by Gasteiger charge is -2.26. The van der Waals surface area contributed by atoms with Crippen LogP contribution in [0.15, 0.2) is 18.2 Å². The molecule has 0 saturated heterocycles. The maximum atomic E-state index is 10.9. The first-order valence-electron chi connectivity index (χ1n) is 7.41. The van der Waals surface area contributed by atoms with Gasteiger partial charge in [-0.25, -0.2) is 0 Å². The van der Waals surface area contributed by atoms with Crippen LogP contribution in [0.3, 0.4) is 0 Å². The van der Waals surface area contributed by atoms with E-state index in [0.717, 1.165) is 31.2 Å². The van der Waals surface area contributed by atoms with Gasteiger partial charge in [-0.05, 0) is 38.7 Å². The maximum Gasteiger partial charge on any atom is 0.270 e. The van der Waals surface area contributed by atoms with Gasteiger partial charge in [-0.3, -0.25) is 10.1 Å². The number of aliphatic hydroxyl groups is 1. The number of nitrogens with zero attached hydrogens (tertiary/aromatic N) is 1. The molecular formula is C15H22N2O4. The standard InChI is InChI=1S/C15H22N2O4/c1-2-21-15-8-5-13(17(19)20)9-11(15)10-16-12-3-6-14(18)7-4-12/h5,8-9,12,14,16,18H,2-4,6-7,10H2,1H3. The van der Waals surface area contributed by atoms with E-state index in [-0.39, 0.29) is 11.8 Å². The maximum absolute atomic E-state index is 10.9. The van der Waals surface area contributed by atoms with Crippen LogP contribution in [0.1, 0.15) is 38.2 Å². The fourth-order valence-corrected chi connectivity index (χ4v) is 2.65. The Morgan fingerprint density at radius 1 is 1.38 bits per heavy atom. The number of nitrogens with one attached hydrogen (secondary N) is 1. The van der Waals surface area contributed by atoms with Crippen molar-refractivity contribution >= 4 is 5.69 Å². The van der Waals surface area contributed by atoms with Crippen molar-refractivity contribution in [3.05, 3.63) is 33.9 Å². The molecule has 0 atom stereocenters. The minimum Gasteiger partial charge on any atom is -0.494 e. The van der Waals surface area contributed by atoms with E-state index in [0.29, 0.717) is 24.9 Å². The average Bonchev–Trinajstić information content (AvgIpc) is 2.48. The van der Waals surface area contributed by atoms with Crippen molar-refractivity contribution in [2.75, 3.05) is 6.61 Å². The second-order valence-corrected chi connectivity index (χ2v) is 5.37. The van der Waals surface area contributed by atoms with Gasteiger partial charge in [0.2, 0.25) is 0 Å². The molecule has 21 heavy (non-hydrogen) atoms. The van der Waals surface area contributed by atoms with Gasteiger partial charge in [-0.2, -0.15) is 0 Å². The molecule has 0 bridgehead atoms. The molecule has 6 heteroatoms. The SMILES string of the molecule is CCOc1ccc([N+](=O)[O-])cc1CNC1CCC(O)CC1. The molecular weight excluding hydrogens is 272 g/mol. The Hall–Kier alpha value is -1.66. The zero-order valence-electron chi connectivity index (χ0n) is 12.2. The van der Waals surface area contributed by atoms with E-state index >= 15 is 0 Å². The topological polar surface area (TPSA) is 84.6 Å². The molecule has 2 rings (SSSR count). The molecule has 2 N–H and O–H groups in total. The van der Waals surface area contributed by atoms with Crippen LogP contribution in [-0.2, 0) is 6.54 Å². The average molecular weight is 294 g/mol. The minimum atomic E-state index is -0.393. The first-order chi connectivity index (χ1) is 10.1. The molecule has 6 nitrogen and oxygen atoms in total. The van der Waals surface area contributed by atoms with Crippen LogP contribution in [0.25, 0.3) is 0 Å². The Morgan fingerprint density at radius 2 is 2.10 bits per heavy atom. The van der Waals surface area contributed by atoms with Crippen LogP contribution in [0.5, 0.6) is 5.75 Å². The zero-order valence-corrected chi connectivity index (χ0v) is 12.2. The van der Waals surface area contributed by atoms with Gasteiger partial charge < -0.3 is 15.2 Å². The van der Waals surface area contributed by atoms with Crippen LogP contribution in [0.2, 0.25) is 0 Å². The summed E-state index contributed by atoms with van der Waals surface area (Å²) in [6.07, 6.45) is 3.30. The van der Waals surface area contributed by atoms with Gasteiger partial charge in [-0.1, -0.05) is 0 Å². The minimum absolute atomic E-state index is 0.0781. The highest BCUT2D eigenvalue weighted by molar-refractivity contribution is 5.43. The predicted molar refractivity (Wildman–Crippen MR) is 79.4 cm³/mol. The summed E-state index contributed by atoms with van der Waals surface area (Å²) in [7, 11) is 0. The summed E-state index contributed by atoms with van der Waals surface area (Å²) in [4.78, 5) is 10.5. The molecule has 0 radical (unpaired) electrons. The number of hydrogen-bond donors (Lipinski definition) is 2. The number of ether oxygens (including phenoxy) is 1. The Balaban J connectivity index is 2.02. The van der Waals surface area contributed by atoms with Gasteiger partial charge in [0, 0.05) is 30.3 Å². The predicted octanol–water partition coefficient (Wildman–Crippen LogP) is 2.39. The molecule has 1 aliphatic carbocycles. The Kier molecular flexibility index (Phi) is 5.52. The lowest BCUT2D eigenvalue weighted by atomic mass is 9.93. The van der Waals surface area contributed by atoms with E-state index in [9.17, 15) is 15.2 Å². The number of benzene rings is 1. The highest BCUT2D eigenvalue weighted by Crippen LogP contribution is 2.25. The van der Waals surface area contributed by atoms with Gasteiger partial charge in [0.15, 0.2) is 0 Å².